The lowest BCUT2D eigenvalue weighted by Gasteiger charge is -2.04. The zero-order valence-electron chi connectivity index (χ0n) is 10.4. The van der Waals surface area contributed by atoms with E-state index in [0.29, 0.717) is 0 Å². The maximum absolute atomic E-state index is 5.12. The van der Waals surface area contributed by atoms with Crippen LogP contribution in [0.2, 0.25) is 0 Å². The van der Waals surface area contributed by atoms with Gasteiger partial charge in [0.25, 0.3) is 0 Å². The lowest BCUT2D eigenvalue weighted by atomic mass is 10.1. The molecule has 0 amide bonds. The third kappa shape index (κ3) is 3.07. The number of hydrogen-bond acceptors (Lipinski definition) is 4. The zero-order chi connectivity index (χ0) is 12.8. The average Bonchev–Trinajstić information content (AvgIpc) is 2.46. The van der Waals surface area contributed by atoms with E-state index >= 15 is 0 Å². The summed E-state index contributed by atoms with van der Waals surface area (Å²) in [5.74, 6) is 0.841. The summed E-state index contributed by atoms with van der Waals surface area (Å²) in [6, 6.07) is 11.5. The van der Waals surface area contributed by atoms with E-state index in [2.05, 4.69) is 15.5 Å². The Balaban J connectivity index is 2.08. The van der Waals surface area contributed by atoms with Gasteiger partial charge in [0.15, 0.2) is 0 Å². The molecule has 0 radical (unpaired) electrons. The van der Waals surface area contributed by atoms with Crippen molar-refractivity contribution in [2.45, 2.75) is 6.92 Å². The third-order valence-corrected chi connectivity index (χ3v) is 2.54. The molecule has 0 bridgehead atoms. The van der Waals surface area contributed by atoms with E-state index in [-0.39, 0.29) is 0 Å². The molecule has 1 aromatic carbocycles. The summed E-state index contributed by atoms with van der Waals surface area (Å²) in [6.07, 6.45) is 3.45. The van der Waals surface area contributed by atoms with Crippen molar-refractivity contribution < 1.29 is 4.74 Å². The van der Waals surface area contributed by atoms with Gasteiger partial charge in [0, 0.05) is 12.4 Å². The third-order valence-electron chi connectivity index (χ3n) is 2.54. The Morgan fingerprint density at radius 3 is 2.39 bits per heavy atom. The molecular weight excluding hydrogens is 226 g/mol. The maximum Gasteiger partial charge on any atom is 0.118 e. The van der Waals surface area contributed by atoms with E-state index in [1.807, 2.05) is 43.3 Å². The van der Waals surface area contributed by atoms with Crippen LogP contribution in [-0.4, -0.2) is 17.8 Å². The molecule has 1 aromatic heterocycles. The highest BCUT2D eigenvalue weighted by Gasteiger charge is 1.98. The molecular formula is C14H15N3O. The number of nitrogens with zero attached hydrogens (tertiary/aromatic N) is 2. The van der Waals surface area contributed by atoms with Crippen molar-refractivity contribution in [3.63, 3.8) is 0 Å². The molecule has 4 nitrogen and oxygen atoms in total. The number of benzene rings is 1. The molecule has 92 valence electrons. The first-order valence-electron chi connectivity index (χ1n) is 5.64. The zero-order valence-corrected chi connectivity index (χ0v) is 10.4. The number of hydrazone groups is 1. The van der Waals surface area contributed by atoms with Gasteiger partial charge < -0.3 is 4.74 Å². The summed E-state index contributed by atoms with van der Waals surface area (Å²) in [5, 5.41) is 4.32. The summed E-state index contributed by atoms with van der Waals surface area (Å²) >= 11 is 0. The van der Waals surface area contributed by atoms with E-state index in [1.54, 1.807) is 19.5 Å². The fourth-order valence-electron chi connectivity index (χ4n) is 1.47. The predicted octanol–water partition coefficient (Wildman–Crippen LogP) is 2.93. The summed E-state index contributed by atoms with van der Waals surface area (Å²) in [6.45, 7) is 1.95. The molecule has 0 unspecified atom stereocenters. The quantitative estimate of drug-likeness (QED) is 0.661. The normalized spacial score (nSPS) is 11.1. The van der Waals surface area contributed by atoms with Crippen LogP contribution in [0.15, 0.2) is 53.9 Å². The Hall–Kier alpha value is -2.36. The molecule has 0 spiro atoms. The van der Waals surface area contributed by atoms with E-state index in [1.165, 1.54) is 0 Å². The highest BCUT2D eigenvalue weighted by molar-refractivity contribution is 5.99. The second-order valence-corrected chi connectivity index (χ2v) is 3.77. The topological polar surface area (TPSA) is 46.5 Å². The lowest BCUT2D eigenvalue weighted by molar-refractivity contribution is 0.415. The Bertz CT molecular complexity index is 520. The minimum Gasteiger partial charge on any atom is -0.497 e. The van der Waals surface area contributed by atoms with Gasteiger partial charge in [-0.3, -0.25) is 10.4 Å². The first-order chi connectivity index (χ1) is 8.79. The molecule has 4 heteroatoms. The molecule has 0 saturated carbocycles. The molecule has 1 heterocycles. The van der Waals surface area contributed by atoms with Crippen molar-refractivity contribution in [1.82, 2.24) is 4.98 Å². The van der Waals surface area contributed by atoms with Gasteiger partial charge in [-0.15, -0.1) is 0 Å². The molecule has 0 aliphatic carbocycles. The number of methoxy groups -OCH3 is 1. The molecule has 0 saturated heterocycles. The van der Waals surface area contributed by atoms with Crippen LogP contribution >= 0.6 is 0 Å². The van der Waals surface area contributed by atoms with Gasteiger partial charge in [0.2, 0.25) is 0 Å². The lowest BCUT2D eigenvalue weighted by Crippen LogP contribution is -1.99. The smallest absolute Gasteiger partial charge is 0.118 e. The van der Waals surface area contributed by atoms with Crippen LogP contribution in [0.4, 0.5) is 5.69 Å². The number of pyridine rings is 1. The summed E-state index contributed by atoms with van der Waals surface area (Å²) in [5.41, 5.74) is 5.87. The van der Waals surface area contributed by atoms with Crippen molar-refractivity contribution in [1.29, 1.82) is 0 Å². The first kappa shape index (κ1) is 12.1. The van der Waals surface area contributed by atoms with Gasteiger partial charge >= 0.3 is 0 Å². The molecule has 2 aromatic rings. The largest absolute Gasteiger partial charge is 0.497 e. The fraction of sp³-hybridized carbons (Fsp3) is 0.143. The number of anilines is 1. The van der Waals surface area contributed by atoms with Crippen LogP contribution in [0.3, 0.4) is 0 Å². The van der Waals surface area contributed by atoms with Gasteiger partial charge in [-0.1, -0.05) is 0 Å². The predicted molar refractivity (Wildman–Crippen MR) is 73.1 cm³/mol. The fourth-order valence-corrected chi connectivity index (χ4v) is 1.47. The van der Waals surface area contributed by atoms with Crippen LogP contribution in [0.5, 0.6) is 5.75 Å². The van der Waals surface area contributed by atoms with Crippen LogP contribution < -0.4 is 10.2 Å². The number of aromatic nitrogens is 1. The highest BCUT2D eigenvalue weighted by atomic mass is 16.5. The standard InChI is InChI=1S/C14H15N3O/c1-11(12-3-5-14(18-2)6-4-12)16-17-13-7-9-15-10-8-13/h3-10H,1-2H3,(H,15,17)/b16-11-. The van der Waals surface area contributed by atoms with E-state index in [0.717, 1.165) is 22.7 Å². The highest BCUT2D eigenvalue weighted by Crippen LogP contribution is 2.12. The Labute approximate surface area is 106 Å². The second-order valence-electron chi connectivity index (χ2n) is 3.77. The molecule has 2 rings (SSSR count). The average molecular weight is 241 g/mol. The van der Waals surface area contributed by atoms with Crippen LogP contribution in [0.25, 0.3) is 0 Å². The summed E-state index contributed by atoms with van der Waals surface area (Å²) in [7, 11) is 1.65. The number of nitrogens with one attached hydrogen (secondary N) is 1. The number of rotatable bonds is 4. The van der Waals surface area contributed by atoms with Crippen molar-refractivity contribution >= 4 is 11.4 Å². The van der Waals surface area contributed by atoms with Crippen LogP contribution in [0, 0.1) is 0 Å². The van der Waals surface area contributed by atoms with E-state index in [4.69, 9.17) is 4.74 Å². The molecule has 0 aliphatic heterocycles. The van der Waals surface area contributed by atoms with Crippen molar-refractivity contribution in [2.75, 3.05) is 12.5 Å². The minimum atomic E-state index is 0.841. The second kappa shape index (κ2) is 5.82. The van der Waals surface area contributed by atoms with Crippen molar-refractivity contribution in [3.8, 4) is 5.75 Å². The van der Waals surface area contributed by atoms with Gasteiger partial charge in [0.05, 0.1) is 18.5 Å². The van der Waals surface area contributed by atoms with Crippen molar-refractivity contribution in [2.24, 2.45) is 5.10 Å². The molecule has 0 atom stereocenters. The summed E-state index contributed by atoms with van der Waals surface area (Å²) in [4.78, 5) is 3.95. The van der Waals surface area contributed by atoms with E-state index < -0.39 is 0 Å². The Morgan fingerprint density at radius 2 is 1.78 bits per heavy atom. The SMILES string of the molecule is COc1ccc(/C(C)=N\Nc2ccncc2)cc1. The Morgan fingerprint density at radius 1 is 1.11 bits per heavy atom. The first-order valence-corrected chi connectivity index (χ1v) is 5.64. The number of hydrogen-bond donors (Lipinski definition) is 1. The molecule has 18 heavy (non-hydrogen) atoms. The molecule has 0 aliphatic rings. The Kier molecular flexibility index (Phi) is 3.91. The van der Waals surface area contributed by atoms with Gasteiger partial charge in [-0.05, 0) is 48.9 Å². The van der Waals surface area contributed by atoms with E-state index in [9.17, 15) is 0 Å². The van der Waals surface area contributed by atoms with Crippen LogP contribution in [0.1, 0.15) is 12.5 Å². The van der Waals surface area contributed by atoms with Gasteiger partial charge in [0.1, 0.15) is 5.75 Å². The van der Waals surface area contributed by atoms with Crippen LogP contribution in [-0.2, 0) is 0 Å². The summed E-state index contributed by atoms with van der Waals surface area (Å²) < 4.78 is 5.12. The van der Waals surface area contributed by atoms with Gasteiger partial charge in [-0.25, -0.2) is 0 Å². The minimum absolute atomic E-state index is 0.841. The maximum atomic E-state index is 5.12. The number of ether oxygens (including phenoxy) is 1. The monoisotopic (exact) mass is 241 g/mol. The van der Waals surface area contributed by atoms with Crippen molar-refractivity contribution in [3.05, 3.63) is 54.4 Å². The molecule has 0 fully saturated rings. The van der Waals surface area contributed by atoms with Gasteiger partial charge in [-0.2, -0.15) is 5.10 Å². The molecule has 1 N–H and O–H groups in total.